The summed E-state index contributed by atoms with van der Waals surface area (Å²) in [6.07, 6.45) is 14.9. The normalized spacial score (nSPS) is 18.2. The average molecular weight is 459 g/mol. The Balaban J connectivity index is 1.28. The number of aryl methyl sites for hydroxylation is 2. The maximum atomic E-state index is 13.0. The lowest BCUT2D eigenvalue weighted by Gasteiger charge is -2.42. The van der Waals surface area contributed by atoms with Gasteiger partial charge in [0.25, 0.3) is 0 Å². The topological polar surface area (TPSA) is 32.7 Å². The second-order valence-electron chi connectivity index (χ2n) is 10.5. The number of benzene rings is 2. The molecule has 1 amide bonds. The van der Waals surface area contributed by atoms with Crippen LogP contribution in [0.1, 0.15) is 80.9 Å². The molecule has 34 heavy (non-hydrogen) atoms. The molecule has 1 aliphatic heterocycles. The monoisotopic (exact) mass is 458 g/mol. The molecule has 0 atom stereocenters. The average Bonchev–Trinajstić information content (AvgIpc) is 2.85. The van der Waals surface area contributed by atoms with Crippen LogP contribution in [-0.2, 0) is 16.6 Å². The van der Waals surface area contributed by atoms with Crippen LogP contribution in [0.25, 0.3) is 0 Å². The Morgan fingerprint density at radius 1 is 1.06 bits per heavy atom. The van der Waals surface area contributed by atoms with Crippen molar-refractivity contribution in [2.45, 2.75) is 83.0 Å². The highest BCUT2D eigenvalue weighted by Crippen LogP contribution is 2.39. The molecule has 0 unspecified atom stereocenters. The Kier molecular flexibility index (Phi) is 8.96. The first-order valence-electron chi connectivity index (χ1n) is 13.5. The van der Waals surface area contributed by atoms with Crippen LogP contribution in [-0.4, -0.2) is 36.7 Å². The first-order valence-corrected chi connectivity index (χ1v) is 13.5. The molecule has 3 nitrogen and oxygen atoms in total. The van der Waals surface area contributed by atoms with Crippen LogP contribution >= 0.6 is 0 Å². The van der Waals surface area contributed by atoms with Gasteiger partial charge in [-0.15, -0.1) is 0 Å². The molecule has 4 rings (SSSR count). The highest BCUT2D eigenvalue weighted by Gasteiger charge is 2.36. The van der Waals surface area contributed by atoms with Crippen LogP contribution in [0.4, 0.5) is 0 Å². The van der Waals surface area contributed by atoms with Crippen LogP contribution in [0.3, 0.4) is 0 Å². The number of hydrogen-bond donors (Lipinski definition) is 0. The largest absolute Gasteiger partial charge is 0.343 e. The number of likely N-dealkylation sites (tertiary alicyclic amines) is 1. The minimum atomic E-state index is 0.136. The van der Waals surface area contributed by atoms with Gasteiger partial charge in [0.15, 0.2) is 0 Å². The molecular weight excluding hydrogens is 416 g/mol. The Bertz CT molecular complexity index is 923. The van der Waals surface area contributed by atoms with E-state index >= 15 is 0 Å². The van der Waals surface area contributed by atoms with Crippen LogP contribution in [0.15, 0.2) is 59.6 Å². The minimum absolute atomic E-state index is 0.136. The summed E-state index contributed by atoms with van der Waals surface area (Å²) in [5, 5.41) is 0. The van der Waals surface area contributed by atoms with E-state index in [4.69, 9.17) is 4.99 Å². The molecule has 0 aromatic heterocycles. The van der Waals surface area contributed by atoms with E-state index in [0.29, 0.717) is 12.3 Å². The van der Waals surface area contributed by atoms with Crippen molar-refractivity contribution in [3.8, 4) is 0 Å². The molecule has 0 N–H and O–H groups in total. The fourth-order valence-electron chi connectivity index (χ4n) is 5.69. The van der Waals surface area contributed by atoms with Crippen molar-refractivity contribution < 1.29 is 4.79 Å². The van der Waals surface area contributed by atoms with Gasteiger partial charge < -0.3 is 4.90 Å². The number of carbonyl (C=O) groups excluding carboxylic acids is 1. The molecule has 2 aliphatic rings. The van der Waals surface area contributed by atoms with Gasteiger partial charge in [0, 0.05) is 31.5 Å². The zero-order valence-electron chi connectivity index (χ0n) is 21.1. The van der Waals surface area contributed by atoms with Gasteiger partial charge in [-0.3, -0.25) is 9.79 Å². The number of unbranched alkanes of at least 4 members (excludes halogenated alkanes) is 1. The second kappa shape index (κ2) is 12.3. The van der Waals surface area contributed by atoms with Gasteiger partial charge in [-0.2, -0.15) is 0 Å². The van der Waals surface area contributed by atoms with Crippen LogP contribution in [0.2, 0.25) is 0 Å². The number of amides is 1. The number of nitrogens with zero attached hydrogens (tertiary/aromatic N) is 2. The SMILES string of the molecule is Cc1ccccc1CCC(=O)N1CCC(CCN=CCCCC2CCC2)(c2ccccc2)CC1. The Hall–Kier alpha value is -2.42. The summed E-state index contributed by atoms with van der Waals surface area (Å²) in [7, 11) is 0. The van der Waals surface area contributed by atoms with Crippen LogP contribution in [0, 0.1) is 12.8 Å². The van der Waals surface area contributed by atoms with Crippen molar-refractivity contribution >= 4 is 12.1 Å². The summed E-state index contributed by atoms with van der Waals surface area (Å²) in [5.74, 6) is 1.30. The highest BCUT2D eigenvalue weighted by atomic mass is 16.2. The van der Waals surface area contributed by atoms with Crippen molar-refractivity contribution in [2.75, 3.05) is 19.6 Å². The third-order valence-corrected chi connectivity index (χ3v) is 8.35. The Morgan fingerprint density at radius 3 is 2.50 bits per heavy atom. The molecule has 0 bridgehead atoms. The van der Waals surface area contributed by atoms with Gasteiger partial charge in [0.05, 0.1) is 0 Å². The zero-order chi connectivity index (χ0) is 23.6. The number of carbonyl (C=O) groups is 1. The molecule has 0 spiro atoms. The first kappa shape index (κ1) is 24.7. The Morgan fingerprint density at radius 2 is 1.79 bits per heavy atom. The third kappa shape index (κ3) is 6.58. The summed E-state index contributed by atoms with van der Waals surface area (Å²) in [5.41, 5.74) is 4.12. The van der Waals surface area contributed by atoms with Crippen molar-refractivity contribution in [2.24, 2.45) is 10.9 Å². The van der Waals surface area contributed by atoms with E-state index in [2.05, 4.69) is 72.6 Å². The summed E-state index contributed by atoms with van der Waals surface area (Å²) >= 11 is 0. The molecule has 1 saturated heterocycles. The lowest BCUT2D eigenvalue weighted by atomic mass is 9.70. The molecule has 0 radical (unpaired) electrons. The smallest absolute Gasteiger partial charge is 0.222 e. The first-order chi connectivity index (χ1) is 16.7. The van der Waals surface area contributed by atoms with Gasteiger partial charge in [-0.05, 0) is 74.3 Å². The fourth-order valence-corrected chi connectivity index (χ4v) is 5.69. The zero-order valence-corrected chi connectivity index (χ0v) is 21.1. The predicted octanol–water partition coefficient (Wildman–Crippen LogP) is 6.92. The molecule has 182 valence electrons. The fraction of sp³-hybridized carbons (Fsp3) is 0.548. The van der Waals surface area contributed by atoms with Crippen molar-refractivity contribution in [1.82, 2.24) is 4.90 Å². The molecule has 1 heterocycles. The van der Waals surface area contributed by atoms with Gasteiger partial charge in [0.1, 0.15) is 0 Å². The van der Waals surface area contributed by atoms with Gasteiger partial charge >= 0.3 is 0 Å². The number of piperidine rings is 1. The van der Waals surface area contributed by atoms with Crippen LogP contribution < -0.4 is 0 Å². The molecule has 2 fully saturated rings. The number of aliphatic imine (C=N–C) groups is 1. The van der Waals surface area contributed by atoms with E-state index < -0.39 is 0 Å². The van der Waals surface area contributed by atoms with Gasteiger partial charge in [0.2, 0.25) is 5.91 Å². The molecule has 2 aromatic carbocycles. The van der Waals surface area contributed by atoms with E-state index in [0.717, 1.165) is 57.7 Å². The maximum absolute atomic E-state index is 13.0. The highest BCUT2D eigenvalue weighted by molar-refractivity contribution is 5.76. The van der Waals surface area contributed by atoms with E-state index in [9.17, 15) is 4.79 Å². The maximum Gasteiger partial charge on any atom is 0.222 e. The molecular formula is C31H42N2O. The molecule has 2 aromatic rings. The van der Waals surface area contributed by atoms with E-state index in [1.165, 1.54) is 48.8 Å². The summed E-state index contributed by atoms with van der Waals surface area (Å²) in [4.78, 5) is 19.9. The van der Waals surface area contributed by atoms with Gasteiger partial charge in [-0.1, -0.05) is 80.3 Å². The van der Waals surface area contributed by atoms with Crippen LogP contribution in [0.5, 0.6) is 0 Å². The lowest BCUT2D eigenvalue weighted by molar-refractivity contribution is -0.132. The number of hydrogen-bond acceptors (Lipinski definition) is 2. The quantitative estimate of drug-likeness (QED) is 0.266. The van der Waals surface area contributed by atoms with Crippen molar-refractivity contribution in [1.29, 1.82) is 0 Å². The van der Waals surface area contributed by atoms with Crippen molar-refractivity contribution in [3.05, 3.63) is 71.3 Å². The number of rotatable bonds is 11. The third-order valence-electron chi connectivity index (χ3n) is 8.35. The van der Waals surface area contributed by atoms with E-state index in [1.54, 1.807) is 0 Å². The molecule has 1 saturated carbocycles. The minimum Gasteiger partial charge on any atom is -0.343 e. The molecule has 1 aliphatic carbocycles. The summed E-state index contributed by atoms with van der Waals surface area (Å²) < 4.78 is 0. The summed E-state index contributed by atoms with van der Waals surface area (Å²) in [6.45, 7) is 4.73. The summed E-state index contributed by atoms with van der Waals surface area (Å²) in [6, 6.07) is 19.4. The standard InChI is InChI=1S/C31H42N2O/c1-26-10-5-6-14-28(26)17-18-30(34)33-24-20-31(21-25-33,29-15-3-2-4-16-29)19-23-32-22-8-7-11-27-12-9-13-27/h2-6,10,14-16,22,27H,7-9,11-13,17-21,23-25H2,1H3. The predicted molar refractivity (Wildman–Crippen MR) is 143 cm³/mol. The van der Waals surface area contributed by atoms with Gasteiger partial charge in [-0.25, -0.2) is 0 Å². The van der Waals surface area contributed by atoms with E-state index in [-0.39, 0.29) is 5.41 Å². The Labute approximate surface area is 206 Å². The molecule has 3 heteroatoms. The second-order valence-corrected chi connectivity index (χ2v) is 10.5. The van der Waals surface area contributed by atoms with Crippen molar-refractivity contribution in [3.63, 3.8) is 0 Å². The van der Waals surface area contributed by atoms with E-state index in [1.807, 2.05) is 0 Å². The lowest BCUT2D eigenvalue weighted by Crippen LogP contribution is -2.45.